The average Bonchev–Trinajstić information content (AvgIpc) is 2.49. The number of nitrogens with zero attached hydrogens (tertiary/aromatic N) is 1. The summed E-state index contributed by atoms with van der Waals surface area (Å²) in [4.78, 5) is 24.1. The largest absolute Gasteiger partial charge is 0.326 e. The quantitative estimate of drug-likeness (QED) is 0.781. The molecule has 1 amide bonds. The van der Waals surface area contributed by atoms with E-state index in [-0.39, 0.29) is 17.9 Å². The van der Waals surface area contributed by atoms with Crippen LogP contribution in [0.3, 0.4) is 0 Å². The summed E-state index contributed by atoms with van der Waals surface area (Å²) in [6.07, 6.45) is 0.101. The first-order valence-electron chi connectivity index (χ1n) is 7.37. The minimum Gasteiger partial charge on any atom is -0.326 e. The molecule has 0 saturated heterocycles. The number of nitrogens with one attached hydrogen (secondary N) is 2. The molecule has 0 saturated carbocycles. The first kappa shape index (κ1) is 15.0. The Bertz CT molecular complexity index is 924. The van der Waals surface area contributed by atoms with Crippen molar-refractivity contribution in [2.24, 2.45) is 0 Å². The van der Waals surface area contributed by atoms with Crippen LogP contribution in [0.15, 0.2) is 47.3 Å². The van der Waals surface area contributed by atoms with Gasteiger partial charge in [-0.1, -0.05) is 24.3 Å². The summed E-state index contributed by atoms with van der Waals surface area (Å²) < 4.78 is 0. The fraction of sp³-hybridized carbons (Fsp3) is 0.167. The van der Waals surface area contributed by atoms with E-state index < -0.39 is 0 Å². The molecule has 0 aliphatic heterocycles. The maximum atomic E-state index is 12.3. The second-order valence-corrected chi connectivity index (χ2v) is 5.65. The maximum Gasteiger partial charge on any atom is 0.272 e. The monoisotopic (exact) mass is 307 g/mol. The fourth-order valence-corrected chi connectivity index (χ4v) is 2.71. The highest BCUT2D eigenvalue weighted by Crippen LogP contribution is 2.16. The zero-order valence-corrected chi connectivity index (χ0v) is 13.0. The van der Waals surface area contributed by atoms with Gasteiger partial charge in [-0.15, -0.1) is 0 Å². The van der Waals surface area contributed by atoms with Crippen LogP contribution in [0.25, 0.3) is 10.8 Å². The number of H-pyrrole nitrogens is 1. The average molecular weight is 307 g/mol. The lowest BCUT2D eigenvalue weighted by atomic mass is 10.1. The second kappa shape index (κ2) is 6.04. The van der Waals surface area contributed by atoms with Gasteiger partial charge in [0.15, 0.2) is 0 Å². The predicted octanol–water partition coefficient (Wildman–Crippen LogP) is 2.72. The summed E-state index contributed by atoms with van der Waals surface area (Å²) in [6.45, 7) is 3.97. The molecule has 2 N–H and O–H groups in total. The van der Waals surface area contributed by atoms with Crippen molar-refractivity contribution >= 4 is 22.4 Å². The van der Waals surface area contributed by atoms with Crippen molar-refractivity contribution < 1.29 is 4.79 Å². The third-order valence-electron chi connectivity index (χ3n) is 3.61. The number of rotatable bonds is 3. The summed E-state index contributed by atoms with van der Waals surface area (Å²) >= 11 is 0. The first-order valence-corrected chi connectivity index (χ1v) is 7.37. The van der Waals surface area contributed by atoms with E-state index in [1.54, 1.807) is 18.2 Å². The van der Waals surface area contributed by atoms with E-state index in [0.29, 0.717) is 16.5 Å². The molecule has 0 unspecified atom stereocenters. The van der Waals surface area contributed by atoms with Gasteiger partial charge in [-0.25, -0.2) is 5.10 Å². The van der Waals surface area contributed by atoms with Gasteiger partial charge >= 0.3 is 0 Å². The highest BCUT2D eigenvalue weighted by Gasteiger charge is 2.11. The van der Waals surface area contributed by atoms with Gasteiger partial charge in [0.25, 0.3) is 5.56 Å². The second-order valence-electron chi connectivity index (χ2n) is 5.65. The molecule has 0 bridgehead atoms. The van der Waals surface area contributed by atoms with Crippen LogP contribution >= 0.6 is 0 Å². The molecule has 3 aromatic rings. The Morgan fingerprint density at radius 3 is 2.43 bits per heavy atom. The number of amides is 1. The molecule has 5 nitrogen and oxygen atoms in total. The molecule has 0 fully saturated rings. The molecular weight excluding hydrogens is 290 g/mol. The van der Waals surface area contributed by atoms with Crippen LogP contribution < -0.4 is 10.9 Å². The lowest BCUT2D eigenvalue weighted by molar-refractivity contribution is -0.115. The van der Waals surface area contributed by atoms with Gasteiger partial charge < -0.3 is 5.32 Å². The summed E-state index contributed by atoms with van der Waals surface area (Å²) in [6, 6.07) is 13.0. The van der Waals surface area contributed by atoms with Gasteiger partial charge in [0.05, 0.1) is 17.5 Å². The number of aryl methyl sites for hydroxylation is 2. The Kier molecular flexibility index (Phi) is 3.93. The molecule has 2 aromatic carbocycles. The van der Waals surface area contributed by atoms with Gasteiger partial charge in [-0.3, -0.25) is 9.59 Å². The first-order chi connectivity index (χ1) is 11.0. The van der Waals surface area contributed by atoms with Crippen LogP contribution in [0.2, 0.25) is 0 Å². The molecule has 1 heterocycles. The van der Waals surface area contributed by atoms with Crippen molar-refractivity contribution in [3.63, 3.8) is 0 Å². The number of carbonyl (C=O) groups is 1. The van der Waals surface area contributed by atoms with Crippen LogP contribution in [0, 0.1) is 13.8 Å². The van der Waals surface area contributed by atoms with E-state index in [2.05, 4.69) is 15.5 Å². The van der Waals surface area contributed by atoms with E-state index in [9.17, 15) is 9.59 Å². The van der Waals surface area contributed by atoms with Gasteiger partial charge in [0, 0.05) is 11.1 Å². The van der Waals surface area contributed by atoms with E-state index in [1.165, 1.54) is 0 Å². The van der Waals surface area contributed by atoms with Gasteiger partial charge in [0.1, 0.15) is 0 Å². The number of hydrogen-bond donors (Lipinski definition) is 2. The van der Waals surface area contributed by atoms with Crippen LogP contribution in [0.1, 0.15) is 16.8 Å². The number of aromatic nitrogens is 2. The predicted molar refractivity (Wildman–Crippen MR) is 90.6 cm³/mol. The molecule has 116 valence electrons. The lowest BCUT2D eigenvalue weighted by Gasteiger charge is -2.08. The smallest absolute Gasteiger partial charge is 0.272 e. The summed E-state index contributed by atoms with van der Waals surface area (Å²) in [5.41, 5.74) is 3.25. The van der Waals surface area contributed by atoms with Crippen molar-refractivity contribution in [3.05, 3.63) is 69.6 Å². The Balaban J connectivity index is 1.86. The van der Waals surface area contributed by atoms with E-state index >= 15 is 0 Å². The van der Waals surface area contributed by atoms with Crippen LogP contribution in [-0.2, 0) is 11.2 Å². The molecule has 5 heteroatoms. The van der Waals surface area contributed by atoms with Crippen LogP contribution in [0.5, 0.6) is 0 Å². The topological polar surface area (TPSA) is 74.8 Å². The molecule has 0 atom stereocenters. The minimum absolute atomic E-state index is 0.101. The minimum atomic E-state index is -0.251. The number of benzene rings is 2. The number of hydrogen-bond acceptors (Lipinski definition) is 3. The van der Waals surface area contributed by atoms with E-state index in [0.717, 1.165) is 16.8 Å². The standard InChI is InChI=1S/C18H17N3O2/c1-11-7-12(2)9-13(8-11)19-17(22)10-16-14-5-3-4-6-15(14)18(23)21-20-16/h3-9H,10H2,1-2H3,(H,19,22)(H,21,23). The molecule has 0 aliphatic carbocycles. The zero-order valence-electron chi connectivity index (χ0n) is 13.0. The lowest BCUT2D eigenvalue weighted by Crippen LogP contribution is -2.18. The normalized spacial score (nSPS) is 10.7. The molecule has 3 rings (SSSR count). The molecule has 0 spiro atoms. The van der Waals surface area contributed by atoms with Crippen molar-refractivity contribution in [1.82, 2.24) is 10.2 Å². The Morgan fingerprint density at radius 1 is 1.09 bits per heavy atom. The Labute approximate surface area is 133 Å². The number of aromatic amines is 1. The highest BCUT2D eigenvalue weighted by atomic mass is 16.1. The maximum absolute atomic E-state index is 12.3. The van der Waals surface area contributed by atoms with Gasteiger partial charge in [0.2, 0.25) is 5.91 Å². The van der Waals surface area contributed by atoms with Gasteiger partial charge in [-0.2, -0.15) is 5.10 Å². The molecular formula is C18H17N3O2. The SMILES string of the molecule is Cc1cc(C)cc(NC(=O)Cc2n[nH]c(=O)c3ccccc23)c1. The fourth-order valence-electron chi connectivity index (χ4n) is 2.71. The highest BCUT2D eigenvalue weighted by molar-refractivity contribution is 5.95. The van der Waals surface area contributed by atoms with E-state index in [4.69, 9.17) is 0 Å². The molecule has 1 aromatic heterocycles. The number of carbonyl (C=O) groups excluding carboxylic acids is 1. The summed E-state index contributed by atoms with van der Waals surface area (Å²) in [5.74, 6) is -0.167. The summed E-state index contributed by atoms with van der Waals surface area (Å²) in [5, 5.41) is 10.6. The van der Waals surface area contributed by atoms with Crippen LogP contribution in [0.4, 0.5) is 5.69 Å². The third-order valence-corrected chi connectivity index (χ3v) is 3.61. The van der Waals surface area contributed by atoms with Gasteiger partial charge in [-0.05, 0) is 43.2 Å². The zero-order chi connectivity index (χ0) is 16.4. The number of fused-ring (bicyclic) bond motifs is 1. The number of anilines is 1. The van der Waals surface area contributed by atoms with E-state index in [1.807, 2.05) is 38.1 Å². The van der Waals surface area contributed by atoms with Crippen molar-refractivity contribution in [1.29, 1.82) is 0 Å². The molecule has 23 heavy (non-hydrogen) atoms. The third kappa shape index (κ3) is 3.29. The van der Waals surface area contributed by atoms with Crippen molar-refractivity contribution in [3.8, 4) is 0 Å². The Morgan fingerprint density at radius 2 is 1.74 bits per heavy atom. The van der Waals surface area contributed by atoms with Crippen molar-refractivity contribution in [2.75, 3.05) is 5.32 Å². The Hall–Kier alpha value is -2.95. The molecule has 0 radical (unpaired) electrons. The van der Waals surface area contributed by atoms with Crippen LogP contribution in [-0.4, -0.2) is 16.1 Å². The molecule has 0 aliphatic rings. The van der Waals surface area contributed by atoms with Crippen molar-refractivity contribution in [2.45, 2.75) is 20.3 Å². The summed E-state index contributed by atoms with van der Waals surface area (Å²) in [7, 11) is 0.